The first-order valence-corrected chi connectivity index (χ1v) is 6.82. The van der Waals surface area contributed by atoms with E-state index in [1.807, 2.05) is 0 Å². The Hall–Kier alpha value is -2.33. The maximum absolute atomic E-state index is 10.6. The number of imide groups is 1. The van der Waals surface area contributed by atoms with Gasteiger partial charge in [-0.2, -0.15) is 5.06 Å². The molecule has 1 aliphatic heterocycles. The number of amides is 3. The highest BCUT2D eigenvalue weighted by molar-refractivity contribution is 6.00. The summed E-state index contributed by atoms with van der Waals surface area (Å²) in [6.45, 7) is 5.61. The standard InChI is InChI=1S/C5H7NO3.C3H7NO.C3H6O.C2H4O2.CH5N.2CH4/c1-9-6-4(7)2-3-5(6)8;1-3(5)4-2;1-3(2)4;1-2(3)4;1-2;;/h2-3H2,1H3;1-2H3,(H,4,5);1-2H3;1H3,(H,3,4);2H2,1H3;2*1H4. The van der Waals surface area contributed by atoms with Crippen molar-refractivity contribution < 1.29 is 33.9 Å². The molecule has 0 radical (unpaired) electrons. The van der Waals surface area contributed by atoms with Gasteiger partial charge < -0.3 is 21.0 Å². The molecule has 4 N–H and O–H groups in total. The first-order valence-electron chi connectivity index (χ1n) is 6.82. The van der Waals surface area contributed by atoms with Gasteiger partial charge in [-0.05, 0) is 20.9 Å². The third kappa shape index (κ3) is 43.0. The van der Waals surface area contributed by atoms with Gasteiger partial charge in [0.15, 0.2) is 0 Å². The van der Waals surface area contributed by atoms with Crippen molar-refractivity contribution in [1.29, 1.82) is 0 Å². The number of rotatable bonds is 1. The average Bonchev–Trinajstić information content (AvgIpc) is 2.79. The lowest BCUT2D eigenvalue weighted by Gasteiger charge is -2.07. The largest absolute Gasteiger partial charge is 0.481 e. The van der Waals surface area contributed by atoms with Crippen molar-refractivity contribution in [2.75, 3.05) is 21.2 Å². The number of hydrogen-bond donors (Lipinski definition) is 3. The number of Topliss-reactive ketones (excluding diaryl/α,β-unsaturated/α-hetero) is 1. The SMILES string of the molecule is C.C.CC(=O)O.CC(C)=O.CN.CNC(C)=O.CON1C(=O)CCC1=O. The molecule has 1 heterocycles. The fraction of sp³-hybridized carbons (Fsp3) is 0.688. The van der Waals surface area contributed by atoms with Crippen LogP contribution < -0.4 is 11.1 Å². The van der Waals surface area contributed by atoms with E-state index in [9.17, 15) is 19.2 Å². The van der Waals surface area contributed by atoms with E-state index in [4.69, 9.17) is 9.90 Å². The van der Waals surface area contributed by atoms with Gasteiger partial charge in [0.2, 0.25) is 5.91 Å². The van der Waals surface area contributed by atoms with E-state index in [1.165, 1.54) is 34.9 Å². The number of carboxylic acids is 1. The zero-order chi connectivity index (χ0) is 20.3. The van der Waals surface area contributed by atoms with Crippen molar-refractivity contribution in [3.05, 3.63) is 0 Å². The summed E-state index contributed by atoms with van der Waals surface area (Å²) in [5.41, 5.74) is 4.50. The summed E-state index contributed by atoms with van der Waals surface area (Å²) >= 11 is 0. The number of carboxylic acid groups (broad SMARTS) is 1. The molecule has 0 aliphatic carbocycles. The highest BCUT2D eigenvalue weighted by Gasteiger charge is 2.28. The van der Waals surface area contributed by atoms with Gasteiger partial charge in [-0.25, -0.2) is 0 Å². The van der Waals surface area contributed by atoms with Crippen LogP contribution in [0.3, 0.4) is 0 Å². The van der Waals surface area contributed by atoms with Crippen LogP contribution in [0, 0.1) is 0 Å². The second kappa shape index (κ2) is 27.5. The molecular weight excluding hydrogens is 346 g/mol. The Bertz CT molecular complexity index is 363. The van der Waals surface area contributed by atoms with Crippen molar-refractivity contribution in [3.63, 3.8) is 0 Å². The number of ketones is 1. The summed E-state index contributed by atoms with van der Waals surface area (Å²) in [6, 6.07) is 0. The van der Waals surface area contributed by atoms with Crippen molar-refractivity contribution in [2.45, 2.75) is 55.4 Å². The number of nitrogens with one attached hydrogen (secondary N) is 1. The number of nitrogens with zero attached hydrogens (tertiary/aromatic N) is 1. The van der Waals surface area contributed by atoms with Crippen LogP contribution in [0.15, 0.2) is 0 Å². The molecule has 158 valence electrons. The summed E-state index contributed by atoms with van der Waals surface area (Å²) in [5.74, 6) is -1.16. The monoisotopic (exact) mass is 383 g/mol. The summed E-state index contributed by atoms with van der Waals surface area (Å²) in [4.78, 5) is 53.8. The van der Waals surface area contributed by atoms with E-state index in [-0.39, 0.29) is 51.2 Å². The van der Waals surface area contributed by atoms with Gasteiger partial charge in [0.1, 0.15) is 5.78 Å². The van der Waals surface area contributed by atoms with Crippen molar-refractivity contribution in [1.82, 2.24) is 10.4 Å². The molecule has 10 heteroatoms. The predicted octanol–water partition coefficient (Wildman–Crippen LogP) is 0.982. The minimum Gasteiger partial charge on any atom is -0.481 e. The number of nitrogens with two attached hydrogens (primary N) is 1. The molecule has 0 aromatic heterocycles. The zero-order valence-electron chi connectivity index (χ0n) is 15.3. The zero-order valence-corrected chi connectivity index (χ0v) is 15.3. The molecule has 1 fully saturated rings. The van der Waals surface area contributed by atoms with E-state index < -0.39 is 5.97 Å². The molecule has 1 rings (SSSR count). The predicted molar refractivity (Wildman–Crippen MR) is 101 cm³/mol. The minimum absolute atomic E-state index is 0. The number of aliphatic carboxylic acids is 1. The second-order valence-electron chi connectivity index (χ2n) is 4.00. The van der Waals surface area contributed by atoms with Gasteiger partial charge in [0, 0.05) is 33.7 Å². The summed E-state index contributed by atoms with van der Waals surface area (Å²) in [5, 5.41) is 10.6. The summed E-state index contributed by atoms with van der Waals surface area (Å²) < 4.78 is 0. The van der Waals surface area contributed by atoms with Crippen molar-refractivity contribution in [2.24, 2.45) is 5.73 Å². The Morgan fingerprint density at radius 1 is 1.00 bits per heavy atom. The number of carbonyl (C=O) groups excluding carboxylic acids is 4. The highest BCUT2D eigenvalue weighted by atomic mass is 16.7. The van der Waals surface area contributed by atoms with Gasteiger partial charge >= 0.3 is 0 Å². The molecule has 0 saturated carbocycles. The van der Waals surface area contributed by atoms with Crippen molar-refractivity contribution >= 4 is 29.5 Å². The van der Waals surface area contributed by atoms with E-state index in [1.54, 1.807) is 7.05 Å². The van der Waals surface area contributed by atoms with Gasteiger partial charge in [-0.15, -0.1) is 0 Å². The van der Waals surface area contributed by atoms with E-state index in [2.05, 4.69) is 15.9 Å². The molecule has 1 aliphatic rings. The van der Waals surface area contributed by atoms with Gasteiger partial charge in [0.25, 0.3) is 17.8 Å². The van der Waals surface area contributed by atoms with Gasteiger partial charge in [-0.1, -0.05) is 14.9 Å². The van der Waals surface area contributed by atoms with Crippen LogP contribution in [0.4, 0.5) is 0 Å². The Morgan fingerprint density at radius 2 is 1.19 bits per heavy atom. The van der Waals surface area contributed by atoms with Crippen LogP contribution in [0.2, 0.25) is 0 Å². The van der Waals surface area contributed by atoms with Crippen LogP contribution in [0.5, 0.6) is 0 Å². The molecule has 0 bridgehead atoms. The van der Waals surface area contributed by atoms with Crippen LogP contribution in [-0.2, 0) is 28.8 Å². The van der Waals surface area contributed by atoms with Crippen LogP contribution in [0.25, 0.3) is 0 Å². The van der Waals surface area contributed by atoms with Crippen LogP contribution in [-0.4, -0.2) is 60.8 Å². The van der Waals surface area contributed by atoms with Gasteiger partial charge in [-0.3, -0.25) is 24.0 Å². The van der Waals surface area contributed by atoms with Gasteiger partial charge in [0.05, 0.1) is 7.11 Å². The Kier molecular flexibility index (Phi) is 41.2. The fourth-order valence-electron chi connectivity index (χ4n) is 0.760. The lowest BCUT2D eigenvalue weighted by Crippen LogP contribution is -2.27. The molecule has 26 heavy (non-hydrogen) atoms. The van der Waals surface area contributed by atoms with Crippen LogP contribution in [0.1, 0.15) is 55.4 Å². The van der Waals surface area contributed by atoms with Crippen LogP contribution >= 0.6 is 0 Å². The molecule has 10 nitrogen and oxygen atoms in total. The number of hydroxylamine groups is 2. The molecule has 0 unspecified atom stereocenters. The second-order valence-corrected chi connectivity index (χ2v) is 4.00. The third-order valence-corrected chi connectivity index (χ3v) is 1.54. The molecule has 0 spiro atoms. The lowest BCUT2D eigenvalue weighted by molar-refractivity contribution is -0.179. The lowest BCUT2D eigenvalue weighted by atomic mass is 10.4. The van der Waals surface area contributed by atoms with Crippen molar-refractivity contribution in [3.8, 4) is 0 Å². The molecule has 1 saturated heterocycles. The number of hydrogen-bond acceptors (Lipinski definition) is 7. The first-order chi connectivity index (χ1) is 11.0. The maximum Gasteiger partial charge on any atom is 0.300 e. The average molecular weight is 383 g/mol. The Balaban J connectivity index is -0.0000000517. The van der Waals surface area contributed by atoms with E-state index in [0.717, 1.165) is 12.0 Å². The minimum atomic E-state index is -0.833. The molecule has 0 aromatic rings. The molecule has 0 atom stereocenters. The smallest absolute Gasteiger partial charge is 0.300 e. The fourth-order valence-corrected chi connectivity index (χ4v) is 0.760. The highest BCUT2D eigenvalue weighted by Crippen LogP contribution is 2.10. The topological polar surface area (TPSA) is 156 Å². The molecule has 3 amide bonds. The maximum atomic E-state index is 10.6. The Morgan fingerprint density at radius 3 is 1.27 bits per heavy atom. The number of carbonyl (C=O) groups is 5. The first kappa shape index (κ1) is 39.0. The molecule has 0 aromatic carbocycles. The van der Waals surface area contributed by atoms with E-state index >= 15 is 0 Å². The normalized spacial score (nSPS) is 10.2. The third-order valence-electron chi connectivity index (χ3n) is 1.54. The quantitative estimate of drug-likeness (QED) is 0.566. The Labute approximate surface area is 157 Å². The molecular formula is C16H37N3O7. The summed E-state index contributed by atoms with van der Waals surface area (Å²) in [7, 11) is 4.41. The summed E-state index contributed by atoms with van der Waals surface area (Å²) in [6.07, 6.45) is 0.569. The van der Waals surface area contributed by atoms with E-state index in [0.29, 0.717) is 0 Å².